The van der Waals surface area contributed by atoms with Gasteiger partial charge in [-0.25, -0.2) is 24.9 Å². The molecule has 4 aromatic rings. The van der Waals surface area contributed by atoms with Gasteiger partial charge in [0.25, 0.3) is 0 Å². The molecule has 0 saturated carbocycles. The molecule has 2 N–H and O–H groups in total. The molecule has 3 aromatic heterocycles. The number of nitrogens with one attached hydrogen (secondary N) is 2. The van der Waals surface area contributed by atoms with Crippen molar-refractivity contribution in [2.45, 2.75) is 19.5 Å². The Hall–Kier alpha value is -3.95. The van der Waals surface area contributed by atoms with Gasteiger partial charge in [-0.3, -0.25) is 0 Å². The molecule has 0 radical (unpaired) electrons. The van der Waals surface area contributed by atoms with Crippen molar-refractivity contribution in [3.63, 3.8) is 0 Å². The fraction of sp³-hybridized carbons (Fsp3) is 0.296. The number of pyridine rings is 1. The minimum atomic E-state index is 0.194. The van der Waals surface area contributed by atoms with Crippen molar-refractivity contribution < 1.29 is 0 Å². The molecule has 2 aliphatic rings. The van der Waals surface area contributed by atoms with E-state index in [2.05, 4.69) is 78.6 Å². The maximum atomic E-state index is 4.90. The highest BCUT2D eigenvalue weighted by Crippen LogP contribution is 2.30. The summed E-state index contributed by atoms with van der Waals surface area (Å²) >= 11 is 0. The maximum absolute atomic E-state index is 4.90. The van der Waals surface area contributed by atoms with E-state index in [4.69, 9.17) is 4.98 Å². The zero-order valence-electron chi connectivity index (χ0n) is 20.5. The summed E-state index contributed by atoms with van der Waals surface area (Å²) < 4.78 is 0. The average molecular weight is 480 g/mol. The van der Waals surface area contributed by atoms with Gasteiger partial charge in [0, 0.05) is 80.1 Å². The molecule has 5 heterocycles. The fourth-order valence-corrected chi connectivity index (χ4v) is 4.73. The molecular formula is C27H29N9. The molecule has 1 atom stereocenters. The molecule has 1 fully saturated rings. The number of aromatic nitrogens is 5. The first kappa shape index (κ1) is 22.5. The molecule has 0 amide bonds. The number of benzene rings is 1. The van der Waals surface area contributed by atoms with Crippen molar-refractivity contribution in [1.82, 2.24) is 35.1 Å². The summed E-state index contributed by atoms with van der Waals surface area (Å²) in [7, 11) is 2.16. The van der Waals surface area contributed by atoms with Gasteiger partial charge in [-0.1, -0.05) is 12.1 Å². The van der Waals surface area contributed by atoms with E-state index in [9.17, 15) is 0 Å². The van der Waals surface area contributed by atoms with E-state index < -0.39 is 0 Å². The Kier molecular flexibility index (Phi) is 6.00. The summed E-state index contributed by atoms with van der Waals surface area (Å²) in [6, 6.07) is 10.5. The van der Waals surface area contributed by atoms with Gasteiger partial charge in [-0.05, 0) is 43.3 Å². The summed E-state index contributed by atoms with van der Waals surface area (Å²) in [5, 5.41) is 7.94. The van der Waals surface area contributed by atoms with Crippen LogP contribution in [0.5, 0.6) is 0 Å². The van der Waals surface area contributed by atoms with E-state index >= 15 is 0 Å². The topological polar surface area (TPSA) is 95.0 Å². The van der Waals surface area contributed by atoms with Gasteiger partial charge in [0.05, 0.1) is 11.2 Å². The Labute approximate surface area is 210 Å². The van der Waals surface area contributed by atoms with E-state index in [0.29, 0.717) is 12.5 Å². The number of anilines is 3. The zero-order chi connectivity index (χ0) is 24.5. The van der Waals surface area contributed by atoms with Crippen LogP contribution in [-0.2, 0) is 6.54 Å². The first-order valence-electron chi connectivity index (χ1n) is 12.3. The summed E-state index contributed by atoms with van der Waals surface area (Å²) in [5.41, 5.74) is 6.06. The number of hydrogen-bond donors (Lipinski definition) is 2. The molecule has 0 spiro atoms. The third-order valence-electron chi connectivity index (χ3n) is 6.81. The minimum absolute atomic E-state index is 0.194. The van der Waals surface area contributed by atoms with Crippen molar-refractivity contribution in [3.05, 3.63) is 78.1 Å². The lowest BCUT2D eigenvalue weighted by Crippen LogP contribution is -2.44. The van der Waals surface area contributed by atoms with Crippen LogP contribution in [0.25, 0.3) is 16.5 Å². The third kappa shape index (κ3) is 4.62. The van der Waals surface area contributed by atoms with Gasteiger partial charge in [0.2, 0.25) is 5.95 Å². The molecule has 6 rings (SSSR count). The number of piperazine rings is 1. The first-order valence-corrected chi connectivity index (χ1v) is 12.3. The number of likely N-dealkylation sites (N-methyl/N-ethyl adjacent to an activating group) is 1. The number of hydrogen-bond acceptors (Lipinski definition) is 9. The van der Waals surface area contributed by atoms with Gasteiger partial charge in [-0.15, -0.1) is 0 Å². The van der Waals surface area contributed by atoms with Crippen molar-refractivity contribution in [3.8, 4) is 0 Å². The Bertz CT molecular complexity index is 1430. The summed E-state index contributed by atoms with van der Waals surface area (Å²) in [4.78, 5) is 27.4. The summed E-state index contributed by atoms with van der Waals surface area (Å²) in [5.74, 6) is 1.55. The van der Waals surface area contributed by atoms with Gasteiger partial charge in [-0.2, -0.15) is 0 Å². The van der Waals surface area contributed by atoms with Crippen LogP contribution in [0.3, 0.4) is 0 Å². The predicted octanol–water partition coefficient (Wildman–Crippen LogP) is 3.23. The molecule has 0 aliphatic carbocycles. The third-order valence-corrected chi connectivity index (χ3v) is 6.81. The number of nitrogens with zero attached hydrogens (tertiary/aromatic N) is 7. The zero-order valence-corrected chi connectivity index (χ0v) is 20.5. The highest BCUT2D eigenvalue weighted by atomic mass is 15.3. The first-order chi connectivity index (χ1) is 17.6. The quantitative estimate of drug-likeness (QED) is 0.457. The molecule has 1 saturated heterocycles. The second-order valence-corrected chi connectivity index (χ2v) is 9.42. The highest BCUT2D eigenvalue weighted by molar-refractivity contribution is 5.88. The predicted molar refractivity (Wildman–Crippen MR) is 142 cm³/mol. The van der Waals surface area contributed by atoms with Crippen LogP contribution in [0.1, 0.15) is 23.7 Å². The smallest absolute Gasteiger partial charge is 0.227 e. The summed E-state index contributed by atoms with van der Waals surface area (Å²) in [6.45, 7) is 6.84. The normalized spacial score (nSPS) is 18.4. The van der Waals surface area contributed by atoms with Gasteiger partial charge in [0.15, 0.2) is 0 Å². The Morgan fingerprint density at radius 1 is 1.00 bits per heavy atom. The van der Waals surface area contributed by atoms with Crippen LogP contribution in [0.4, 0.5) is 17.5 Å². The lowest BCUT2D eigenvalue weighted by atomic mass is 9.96. The minimum Gasteiger partial charge on any atom is -0.354 e. The second kappa shape index (κ2) is 9.60. The van der Waals surface area contributed by atoms with Crippen molar-refractivity contribution >= 4 is 33.9 Å². The van der Waals surface area contributed by atoms with E-state index in [1.165, 1.54) is 0 Å². The largest absolute Gasteiger partial charge is 0.354 e. The molecule has 0 unspecified atom stereocenters. The average Bonchev–Trinajstić information content (AvgIpc) is 3.07. The Morgan fingerprint density at radius 3 is 2.78 bits per heavy atom. The molecule has 182 valence electrons. The number of rotatable bonds is 4. The lowest BCUT2D eigenvalue weighted by molar-refractivity contribution is 0.312. The van der Waals surface area contributed by atoms with E-state index in [1.54, 1.807) is 6.33 Å². The fourth-order valence-electron chi connectivity index (χ4n) is 4.73. The van der Waals surface area contributed by atoms with Crippen LogP contribution in [0.15, 0.2) is 61.3 Å². The number of fused-ring (bicyclic) bond motifs is 2. The molecule has 9 heteroatoms. The highest BCUT2D eigenvalue weighted by Gasteiger charge is 2.19. The monoisotopic (exact) mass is 479 g/mol. The standard InChI is InChI=1S/C27H29N9/c1-18-11-22(19-3-4-24-20(12-19)14-28-17-32-24)23-15-31-27(34-25(23)16-30-18)33-21-5-6-29-26(13-21)36-9-7-35(2)8-10-36/h3-6,11-15,17-18,30H,7-10,16H2,1-2H3,(H,29,31,33,34)/t18-/m1/s1. The van der Waals surface area contributed by atoms with Crippen LogP contribution in [0.2, 0.25) is 0 Å². The van der Waals surface area contributed by atoms with E-state index in [0.717, 1.165) is 71.0 Å². The molecule has 36 heavy (non-hydrogen) atoms. The SMILES string of the molecule is C[C@@H]1C=C(c2ccc3ncncc3c2)c2cnc(Nc3ccnc(N4CCN(C)CC4)c3)nc2CN1. The second-order valence-electron chi connectivity index (χ2n) is 9.42. The van der Waals surface area contributed by atoms with Gasteiger partial charge >= 0.3 is 0 Å². The van der Waals surface area contributed by atoms with E-state index in [-0.39, 0.29) is 6.04 Å². The van der Waals surface area contributed by atoms with Crippen LogP contribution in [-0.4, -0.2) is 69.1 Å². The molecule has 1 aromatic carbocycles. The van der Waals surface area contributed by atoms with Crippen LogP contribution < -0.4 is 15.5 Å². The van der Waals surface area contributed by atoms with Gasteiger partial charge < -0.3 is 20.4 Å². The summed E-state index contributed by atoms with van der Waals surface area (Å²) in [6.07, 6.45) is 9.42. The van der Waals surface area contributed by atoms with Gasteiger partial charge in [0.1, 0.15) is 12.1 Å². The Morgan fingerprint density at radius 2 is 1.89 bits per heavy atom. The molecule has 2 aliphatic heterocycles. The van der Waals surface area contributed by atoms with Crippen LogP contribution >= 0.6 is 0 Å². The van der Waals surface area contributed by atoms with Crippen molar-refractivity contribution in [1.29, 1.82) is 0 Å². The van der Waals surface area contributed by atoms with E-state index in [1.807, 2.05) is 30.7 Å². The Balaban J connectivity index is 1.28. The molecule has 9 nitrogen and oxygen atoms in total. The molecular weight excluding hydrogens is 450 g/mol. The van der Waals surface area contributed by atoms with Crippen LogP contribution in [0, 0.1) is 0 Å². The lowest BCUT2D eigenvalue weighted by Gasteiger charge is -2.33. The maximum Gasteiger partial charge on any atom is 0.227 e. The van der Waals surface area contributed by atoms with Crippen molar-refractivity contribution in [2.24, 2.45) is 0 Å². The molecule has 0 bridgehead atoms. The van der Waals surface area contributed by atoms with Crippen molar-refractivity contribution in [2.75, 3.05) is 43.4 Å².